The van der Waals surface area contributed by atoms with Crippen molar-refractivity contribution in [3.05, 3.63) is 57.6 Å². The van der Waals surface area contributed by atoms with Gasteiger partial charge in [0.25, 0.3) is 5.91 Å². The molecule has 2 aromatic carbocycles. The van der Waals surface area contributed by atoms with E-state index < -0.39 is 5.91 Å². The van der Waals surface area contributed by atoms with Gasteiger partial charge in [-0.25, -0.2) is 0 Å². The molecule has 0 radical (unpaired) electrons. The van der Waals surface area contributed by atoms with Crippen molar-refractivity contribution in [1.82, 2.24) is 5.32 Å². The first-order chi connectivity index (χ1) is 12.0. The van der Waals surface area contributed by atoms with Crippen molar-refractivity contribution in [2.24, 2.45) is 0 Å². The first-order valence-corrected chi connectivity index (χ1v) is 9.10. The van der Waals surface area contributed by atoms with Crippen LogP contribution < -0.4 is 10.6 Å². The molecule has 0 aliphatic heterocycles. The molecule has 1 amide bonds. The van der Waals surface area contributed by atoms with Crippen LogP contribution in [0.2, 0.25) is 10.0 Å². The quantitative estimate of drug-likeness (QED) is 0.686. The second kappa shape index (κ2) is 7.98. The van der Waals surface area contributed by atoms with E-state index in [4.69, 9.17) is 23.2 Å². The van der Waals surface area contributed by atoms with E-state index in [-0.39, 0.29) is 17.9 Å². The van der Waals surface area contributed by atoms with Gasteiger partial charge >= 0.3 is 0 Å². The lowest BCUT2D eigenvalue weighted by Gasteiger charge is -2.15. The largest absolute Gasteiger partial charge is 0.507 e. The third-order valence-electron chi connectivity index (χ3n) is 4.42. The second-order valence-electron chi connectivity index (χ2n) is 6.28. The molecule has 132 valence electrons. The van der Waals surface area contributed by atoms with Crippen LogP contribution >= 0.6 is 23.2 Å². The number of amides is 1. The summed E-state index contributed by atoms with van der Waals surface area (Å²) in [6.45, 7) is 0.271. The molecule has 0 bridgehead atoms. The van der Waals surface area contributed by atoms with Gasteiger partial charge in [-0.2, -0.15) is 0 Å². The molecule has 1 saturated carbocycles. The molecule has 0 unspecified atom stereocenters. The summed E-state index contributed by atoms with van der Waals surface area (Å²) < 4.78 is 0. The number of halogens is 2. The molecule has 1 aliphatic rings. The van der Waals surface area contributed by atoms with Crippen molar-refractivity contribution >= 4 is 34.8 Å². The zero-order valence-corrected chi connectivity index (χ0v) is 15.2. The number of rotatable bonds is 5. The highest BCUT2D eigenvalue weighted by atomic mass is 35.5. The average molecular weight is 379 g/mol. The normalized spacial score (nSPS) is 14.5. The lowest BCUT2D eigenvalue weighted by Crippen LogP contribution is -2.23. The SMILES string of the molecule is O=C(NCc1ccc(NC2CCCC2)cc1Cl)c1cc(Cl)ccc1O. The molecule has 25 heavy (non-hydrogen) atoms. The minimum absolute atomic E-state index is 0.107. The number of benzene rings is 2. The van der Waals surface area contributed by atoms with Gasteiger partial charge in [0.15, 0.2) is 0 Å². The minimum atomic E-state index is -0.399. The Balaban J connectivity index is 1.62. The number of aromatic hydroxyl groups is 1. The van der Waals surface area contributed by atoms with Gasteiger partial charge in [-0.05, 0) is 48.7 Å². The number of phenols is 1. The molecule has 2 aromatic rings. The van der Waals surface area contributed by atoms with Crippen molar-refractivity contribution in [3.8, 4) is 5.75 Å². The number of phenolic OH excluding ortho intramolecular Hbond substituents is 1. The Kier molecular flexibility index (Phi) is 5.71. The lowest BCUT2D eigenvalue weighted by atomic mass is 10.1. The number of hydrogen-bond donors (Lipinski definition) is 3. The summed E-state index contributed by atoms with van der Waals surface area (Å²) in [5, 5.41) is 17.0. The van der Waals surface area contributed by atoms with Gasteiger partial charge in [-0.3, -0.25) is 4.79 Å². The maximum atomic E-state index is 12.2. The summed E-state index contributed by atoms with van der Waals surface area (Å²) in [7, 11) is 0. The number of carbonyl (C=O) groups is 1. The molecule has 0 saturated heterocycles. The Bertz CT molecular complexity index is 774. The zero-order valence-electron chi connectivity index (χ0n) is 13.7. The number of carbonyl (C=O) groups excluding carboxylic acids is 1. The maximum absolute atomic E-state index is 12.2. The highest BCUT2D eigenvalue weighted by molar-refractivity contribution is 6.31. The Morgan fingerprint density at radius 3 is 2.60 bits per heavy atom. The molecule has 1 aliphatic carbocycles. The number of hydrogen-bond acceptors (Lipinski definition) is 3. The first kappa shape index (κ1) is 17.9. The predicted molar refractivity (Wildman–Crippen MR) is 102 cm³/mol. The molecule has 3 rings (SSSR count). The van der Waals surface area contributed by atoms with E-state index in [0.29, 0.717) is 16.1 Å². The van der Waals surface area contributed by atoms with Crippen LogP contribution in [0.5, 0.6) is 5.75 Å². The predicted octanol–water partition coefficient (Wildman–Crippen LogP) is 4.98. The van der Waals surface area contributed by atoms with E-state index in [2.05, 4.69) is 10.6 Å². The summed E-state index contributed by atoms with van der Waals surface area (Å²) in [6.07, 6.45) is 4.93. The Morgan fingerprint density at radius 1 is 1.12 bits per heavy atom. The van der Waals surface area contributed by atoms with Gasteiger partial charge in [-0.15, -0.1) is 0 Å². The molecule has 6 heteroatoms. The molecular formula is C19H20Cl2N2O2. The van der Waals surface area contributed by atoms with Crippen LogP contribution in [0, 0.1) is 0 Å². The van der Waals surface area contributed by atoms with Crippen LogP contribution in [-0.4, -0.2) is 17.1 Å². The van der Waals surface area contributed by atoms with Crippen molar-refractivity contribution in [3.63, 3.8) is 0 Å². The lowest BCUT2D eigenvalue weighted by molar-refractivity contribution is 0.0948. The van der Waals surface area contributed by atoms with Gasteiger partial charge in [0.05, 0.1) is 5.56 Å². The number of nitrogens with one attached hydrogen (secondary N) is 2. The molecule has 0 spiro atoms. The Hall–Kier alpha value is -1.91. The van der Waals surface area contributed by atoms with Gasteiger partial charge in [0, 0.05) is 28.3 Å². The topological polar surface area (TPSA) is 61.4 Å². The molecule has 0 heterocycles. The van der Waals surface area contributed by atoms with Crippen molar-refractivity contribution < 1.29 is 9.90 Å². The zero-order chi connectivity index (χ0) is 17.8. The van der Waals surface area contributed by atoms with E-state index in [1.165, 1.54) is 43.9 Å². The molecule has 0 aromatic heterocycles. The summed E-state index contributed by atoms with van der Waals surface area (Å²) in [5.41, 5.74) is 1.95. The monoisotopic (exact) mass is 378 g/mol. The van der Waals surface area contributed by atoms with Crippen molar-refractivity contribution in [1.29, 1.82) is 0 Å². The molecular weight excluding hydrogens is 359 g/mol. The summed E-state index contributed by atoms with van der Waals surface area (Å²) in [6, 6.07) is 10.6. The van der Waals surface area contributed by atoms with Gasteiger partial charge in [0.1, 0.15) is 5.75 Å². The van der Waals surface area contributed by atoms with Gasteiger partial charge in [-0.1, -0.05) is 42.1 Å². The van der Waals surface area contributed by atoms with E-state index in [1.807, 2.05) is 18.2 Å². The van der Waals surface area contributed by atoms with Crippen LogP contribution in [0.4, 0.5) is 5.69 Å². The average Bonchev–Trinajstić information content (AvgIpc) is 3.09. The van der Waals surface area contributed by atoms with E-state index in [9.17, 15) is 9.90 Å². The van der Waals surface area contributed by atoms with Gasteiger partial charge in [0.2, 0.25) is 0 Å². The number of anilines is 1. The summed E-state index contributed by atoms with van der Waals surface area (Å²) in [5.74, 6) is -0.506. The van der Waals surface area contributed by atoms with E-state index in [1.54, 1.807) is 0 Å². The fourth-order valence-electron chi connectivity index (χ4n) is 3.05. The van der Waals surface area contributed by atoms with Gasteiger partial charge < -0.3 is 15.7 Å². The van der Waals surface area contributed by atoms with Crippen molar-refractivity contribution in [2.75, 3.05) is 5.32 Å². The summed E-state index contributed by atoms with van der Waals surface area (Å²) >= 11 is 12.2. The standard InChI is InChI=1S/C19H20Cl2N2O2/c20-13-6-8-18(24)16(9-13)19(25)22-11-12-5-7-15(10-17(12)21)23-14-3-1-2-4-14/h5-10,14,23-24H,1-4,11H2,(H,22,25). The third kappa shape index (κ3) is 4.59. The van der Waals surface area contributed by atoms with E-state index >= 15 is 0 Å². The van der Waals surface area contributed by atoms with Crippen molar-refractivity contribution in [2.45, 2.75) is 38.3 Å². The highest BCUT2D eigenvalue weighted by Gasteiger charge is 2.15. The first-order valence-electron chi connectivity index (χ1n) is 8.34. The fourth-order valence-corrected chi connectivity index (χ4v) is 3.47. The maximum Gasteiger partial charge on any atom is 0.255 e. The molecule has 1 fully saturated rings. The highest BCUT2D eigenvalue weighted by Crippen LogP contribution is 2.26. The second-order valence-corrected chi connectivity index (χ2v) is 7.12. The molecule has 3 N–H and O–H groups in total. The Morgan fingerprint density at radius 2 is 1.88 bits per heavy atom. The smallest absolute Gasteiger partial charge is 0.255 e. The fraction of sp³-hybridized carbons (Fsp3) is 0.316. The van der Waals surface area contributed by atoms with Crippen LogP contribution in [0.25, 0.3) is 0 Å². The molecule has 4 nitrogen and oxygen atoms in total. The Labute approximate surface area is 157 Å². The third-order valence-corrected chi connectivity index (χ3v) is 5.01. The van der Waals surface area contributed by atoms with Crippen LogP contribution in [-0.2, 0) is 6.54 Å². The minimum Gasteiger partial charge on any atom is -0.507 e. The van der Waals surface area contributed by atoms with Crippen LogP contribution in [0.1, 0.15) is 41.6 Å². The summed E-state index contributed by atoms with van der Waals surface area (Å²) in [4.78, 5) is 12.2. The van der Waals surface area contributed by atoms with E-state index in [0.717, 1.165) is 11.3 Å². The van der Waals surface area contributed by atoms with Crippen LogP contribution in [0.3, 0.4) is 0 Å². The van der Waals surface area contributed by atoms with Crippen LogP contribution in [0.15, 0.2) is 36.4 Å². The molecule has 0 atom stereocenters.